The molecule has 0 saturated heterocycles. The summed E-state index contributed by atoms with van der Waals surface area (Å²) in [7, 11) is 3.31. The zero-order valence-electron chi connectivity index (χ0n) is 10.4. The molecule has 0 unspecified atom stereocenters. The molecule has 0 fully saturated rings. The molecule has 0 radical (unpaired) electrons. The van der Waals surface area contributed by atoms with Gasteiger partial charge in [-0.25, -0.2) is 0 Å². The molecule has 0 bridgehead atoms. The number of nitrogens with zero attached hydrogens (tertiary/aromatic N) is 3. The van der Waals surface area contributed by atoms with Crippen LogP contribution in [0.25, 0.3) is 0 Å². The number of nitrogens with two attached hydrogens (primary N) is 1. The minimum absolute atomic E-state index is 0.358. The predicted molar refractivity (Wildman–Crippen MR) is 59.8 cm³/mol. The lowest BCUT2D eigenvalue weighted by atomic mass is 10.1. The molecular weight excluding hydrogens is 208 g/mol. The van der Waals surface area contributed by atoms with Gasteiger partial charge in [-0.2, -0.15) is 0 Å². The largest absolute Gasteiger partial charge is 0.383 e. The zero-order chi connectivity index (χ0) is 12.2. The summed E-state index contributed by atoms with van der Waals surface area (Å²) in [5.41, 5.74) is 5.14. The van der Waals surface area contributed by atoms with E-state index in [2.05, 4.69) is 10.2 Å². The van der Waals surface area contributed by atoms with Crippen LogP contribution in [0.15, 0.2) is 0 Å². The van der Waals surface area contributed by atoms with Gasteiger partial charge < -0.3 is 19.8 Å². The lowest BCUT2D eigenvalue weighted by Gasteiger charge is -2.23. The molecule has 1 rings (SSSR count). The summed E-state index contributed by atoms with van der Waals surface area (Å²) >= 11 is 0. The number of rotatable bonds is 6. The van der Waals surface area contributed by atoms with Crippen LogP contribution in [0.1, 0.15) is 25.5 Å². The van der Waals surface area contributed by atoms with E-state index in [1.165, 1.54) is 0 Å². The van der Waals surface area contributed by atoms with Crippen LogP contribution in [0.2, 0.25) is 0 Å². The van der Waals surface area contributed by atoms with Crippen molar-refractivity contribution in [3.05, 3.63) is 11.6 Å². The van der Waals surface area contributed by atoms with E-state index in [0.29, 0.717) is 19.7 Å². The topological polar surface area (TPSA) is 75.2 Å². The Morgan fingerprint density at radius 2 is 2.00 bits per heavy atom. The molecular formula is C10H20N4O2. The highest BCUT2D eigenvalue weighted by Crippen LogP contribution is 2.22. The van der Waals surface area contributed by atoms with Crippen LogP contribution in [0.5, 0.6) is 0 Å². The SMILES string of the molecule is COCCn1c(CN)nnc1C(C)(C)OC. The van der Waals surface area contributed by atoms with Crippen molar-refractivity contribution in [2.24, 2.45) is 5.73 Å². The summed E-state index contributed by atoms with van der Waals surface area (Å²) in [5, 5.41) is 8.19. The Hall–Kier alpha value is -0.980. The summed E-state index contributed by atoms with van der Waals surface area (Å²) in [6.45, 7) is 5.52. The molecule has 16 heavy (non-hydrogen) atoms. The van der Waals surface area contributed by atoms with E-state index in [0.717, 1.165) is 11.6 Å². The lowest BCUT2D eigenvalue weighted by Crippen LogP contribution is -2.27. The molecule has 0 amide bonds. The maximum absolute atomic E-state index is 5.62. The van der Waals surface area contributed by atoms with E-state index in [1.54, 1.807) is 14.2 Å². The van der Waals surface area contributed by atoms with Crippen molar-refractivity contribution in [3.63, 3.8) is 0 Å². The fraction of sp³-hybridized carbons (Fsp3) is 0.800. The standard InChI is InChI=1S/C10H20N4O2/c1-10(2,16-4)9-13-12-8(7-11)14(9)5-6-15-3/h5-7,11H2,1-4H3. The Labute approximate surface area is 95.7 Å². The van der Waals surface area contributed by atoms with Gasteiger partial charge in [0.05, 0.1) is 13.2 Å². The quantitative estimate of drug-likeness (QED) is 0.756. The number of methoxy groups -OCH3 is 2. The summed E-state index contributed by atoms with van der Waals surface area (Å²) in [6, 6.07) is 0. The second kappa shape index (κ2) is 5.38. The highest BCUT2D eigenvalue weighted by atomic mass is 16.5. The third-order valence-corrected chi connectivity index (χ3v) is 2.58. The van der Waals surface area contributed by atoms with Crippen molar-refractivity contribution >= 4 is 0 Å². The Bertz CT molecular complexity index is 336. The average molecular weight is 228 g/mol. The third-order valence-electron chi connectivity index (χ3n) is 2.58. The molecule has 0 atom stereocenters. The van der Waals surface area contributed by atoms with Crippen molar-refractivity contribution < 1.29 is 9.47 Å². The summed E-state index contributed by atoms with van der Waals surface area (Å²) in [4.78, 5) is 0. The van der Waals surface area contributed by atoms with Crippen molar-refractivity contribution in [1.82, 2.24) is 14.8 Å². The summed E-state index contributed by atoms with van der Waals surface area (Å²) in [6.07, 6.45) is 0. The van der Waals surface area contributed by atoms with Gasteiger partial charge in [-0.3, -0.25) is 0 Å². The smallest absolute Gasteiger partial charge is 0.164 e. The first-order chi connectivity index (χ1) is 7.56. The molecule has 6 heteroatoms. The number of ether oxygens (including phenoxy) is 2. The normalized spacial score (nSPS) is 12.1. The van der Waals surface area contributed by atoms with Crippen LogP contribution < -0.4 is 5.73 Å². The number of aromatic nitrogens is 3. The van der Waals surface area contributed by atoms with Gasteiger partial charge in [-0.15, -0.1) is 10.2 Å². The van der Waals surface area contributed by atoms with Gasteiger partial charge >= 0.3 is 0 Å². The van der Waals surface area contributed by atoms with Crippen molar-refractivity contribution in [2.45, 2.75) is 32.5 Å². The molecule has 6 nitrogen and oxygen atoms in total. The fourth-order valence-electron chi connectivity index (χ4n) is 1.44. The minimum atomic E-state index is -0.478. The number of hydrogen-bond donors (Lipinski definition) is 1. The molecule has 1 aromatic heterocycles. The lowest BCUT2D eigenvalue weighted by molar-refractivity contribution is 0.00721. The van der Waals surface area contributed by atoms with Gasteiger partial charge in [-0.1, -0.05) is 0 Å². The van der Waals surface area contributed by atoms with Crippen LogP contribution in [0, 0.1) is 0 Å². The van der Waals surface area contributed by atoms with Gasteiger partial charge in [-0.05, 0) is 13.8 Å². The second-order valence-corrected chi connectivity index (χ2v) is 4.00. The average Bonchev–Trinajstić information content (AvgIpc) is 2.69. The minimum Gasteiger partial charge on any atom is -0.383 e. The Morgan fingerprint density at radius 1 is 1.31 bits per heavy atom. The van der Waals surface area contributed by atoms with E-state index >= 15 is 0 Å². The fourth-order valence-corrected chi connectivity index (χ4v) is 1.44. The maximum atomic E-state index is 5.62. The summed E-state index contributed by atoms with van der Waals surface area (Å²) < 4.78 is 12.4. The van der Waals surface area contributed by atoms with Crippen molar-refractivity contribution in [2.75, 3.05) is 20.8 Å². The Morgan fingerprint density at radius 3 is 2.50 bits per heavy atom. The highest BCUT2D eigenvalue weighted by Gasteiger charge is 2.27. The molecule has 0 aromatic carbocycles. The second-order valence-electron chi connectivity index (χ2n) is 4.00. The van der Waals surface area contributed by atoms with Gasteiger partial charge in [0.2, 0.25) is 0 Å². The van der Waals surface area contributed by atoms with Crippen LogP contribution in [-0.2, 0) is 28.2 Å². The molecule has 1 aromatic rings. The Balaban J connectivity index is 3.04. The number of hydrogen-bond acceptors (Lipinski definition) is 5. The molecule has 0 saturated carbocycles. The van der Waals surface area contributed by atoms with E-state index in [1.807, 2.05) is 18.4 Å². The summed E-state index contributed by atoms with van der Waals surface area (Å²) in [5.74, 6) is 1.52. The molecule has 92 valence electrons. The first-order valence-electron chi connectivity index (χ1n) is 5.23. The van der Waals surface area contributed by atoms with Crippen molar-refractivity contribution in [3.8, 4) is 0 Å². The van der Waals surface area contributed by atoms with E-state index in [-0.39, 0.29) is 0 Å². The highest BCUT2D eigenvalue weighted by molar-refractivity contribution is 5.04. The van der Waals surface area contributed by atoms with Crippen LogP contribution >= 0.6 is 0 Å². The molecule has 0 spiro atoms. The predicted octanol–water partition coefficient (Wildman–Crippen LogP) is 0.265. The maximum Gasteiger partial charge on any atom is 0.164 e. The first kappa shape index (κ1) is 13.1. The third kappa shape index (κ3) is 2.58. The van der Waals surface area contributed by atoms with Crippen LogP contribution in [-0.4, -0.2) is 35.6 Å². The van der Waals surface area contributed by atoms with Gasteiger partial charge in [0.1, 0.15) is 11.4 Å². The van der Waals surface area contributed by atoms with E-state index in [4.69, 9.17) is 15.2 Å². The first-order valence-corrected chi connectivity index (χ1v) is 5.23. The molecule has 1 heterocycles. The van der Waals surface area contributed by atoms with Gasteiger partial charge in [0, 0.05) is 20.8 Å². The zero-order valence-corrected chi connectivity index (χ0v) is 10.4. The van der Waals surface area contributed by atoms with Crippen LogP contribution in [0.3, 0.4) is 0 Å². The Kier molecular flexibility index (Phi) is 4.40. The molecule has 0 aliphatic carbocycles. The van der Waals surface area contributed by atoms with Crippen LogP contribution in [0.4, 0.5) is 0 Å². The van der Waals surface area contributed by atoms with E-state index in [9.17, 15) is 0 Å². The molecule has 2 N–H and O–H groups in total. The van der Waals surface area contributed by atoms with E-state index < -0.39 is 5.60 Å². The van der Waals surface area contributed by atoms with Crippen molar-refractivity contribution in [1.29, 1.82) is 0 Å². The molecule has 0 aliphatic heterocycles. The molecule has 0 aliphatic rings. The van der Waals surface area contributed by atoms with Gasteiger partial charge in [0.25, 0.3) is 0 Å². The monoisotopic (exact) mass is 228 g/mol. The van der Waals surface area contributed by atoms with Gasteiger partial charge in [0.15, 0.2) is 5.82 Å².